The van der Waals surface area contributed by atoms with Gasteiger partial charge in [-0.3, -0.25) is 0 Å². The van der Waals surface area contributed by atoms with Crippen LogP contribution in [0.2, 0.25) is 0 Å². The van der Waals surface area contributed by atoms with Crippen LogP contribution >= 0.6 is 31.9 Å². The Morgan fingerprint density at radius 2 is 1.75 bits per heavy atom. The molecule has 1 aromatic rings. The van der Waals surface area contributed by atoms with Gasteiger partial charge in [-0.15, -0.1) is 0 Å². The number of hydrogen-bond acceptors (Lipinski definition) is 0. The van der Waals surface area contributed by atoms with Crippen molar-refractivity contribution in [3.8, 4) is 0 Å². The van der Waals surface area contributed by atoms with Gasteiger partial charge in [0.05, 0.1) is 0 Å². The van der Waals surface area contributed by atoms with Crippen molar-refractivity contribution in [3.63, 3.8) is 0 Å². The summed E-state index contributed by atoms with van der Waals surface area (Å²) in [5.41, 5.74) is 1.30. The molecular formula is C7H6Br2Li2O. The van der Waals surface area contributed by atoms with E-state index < -0.39 is 0 Å². The molecule has 0 amide bonds. The van der Waals surface area contributed by atoms with Gasteiger partial charge in [0.2, 0.25) is 0 Å². The molecule has 0 heterocycles. The summed E-state index contributed by atoms with van der Waals surface area (Å²) in [6.07, 6.45) is 0. The second kappa shape index (κ2) is 10.4. The van der Waals surface area contributed by atoms with E-state index in [1.54, 1.807) is 0 Å². The summed E-state index contributed by atoms with van der Waals surface area (Å²) in [4.78, 5) is 0. The maximum Gasteiger partial charge on any atom is 1.00 e. The standard InChI is InChI=1S/C7H6Br2.2Li.O/c8-5-6-2-1-3-7(9)4-6;;;/h1-4H,5H2;;;/q;2*+1;-2. The van der Waals surface area contributed by atoms with Crippen LogP contribution < -0.4 is 37.7 Å². The Kier molecular flexibility index (Phi) is 16.5. The zero-order valence-electron chi connectivity index (χ0n) is 7.18. The fourth-order valence-electron chi connectivity index (χ4n) is 0.620. The SMILES string of the molecule is BrCc1cccc(Br)c1.[Li+].[Li+].[O-2]. The molecule has 0 unspecified atom stereocenters. The summed E-state index contributed by atoms with van der Waals surface area (Å²) in [7, 11) is 0. The molecule has 5 heteroatoms. The maximum atomic E-state index is 3.38. The smallest absolute Gasteiger partial charge is 1.00 e. The van der Waals surface area contributed by atoms with Crippen LogP contribution in [0.4, 0.5) is 0 Å². The first kappa shape index (κ1) is 19.0. The average Bonchev–Trinajstić information content (AvgIpc) is 1.88. The molecule has 0 saturated heterocycles. The van der Waals surface area contributed by atoms with E-state index in [1.165, 1.54) is 5.56 Å². The zero-order chi connectivity index (χ0) is 6.69. The number of benzene rings is 1. The van der Waals surface area contributed by atoms with Crippen molar-refractivity contribution in [1.29, 1.82) is 0 Å². The third-order valence-corrected chi connectivity index (χ3v) is 2.18. The van der Waals surface area contributed by atoms with Crippen molar-refractivity contribution in [1.82, 2.24) is 0 Å². The first-order chi connectivity index (χ1) is 4.33. The second-order valence-corrected chi connectivity index (χ2v) is 3.24. The first-order valence-corrected chi connectivity index (χ1v) is 4.55. The van der Waals surface area contributed by atoms with Crippen LogP contribution in [0.15, 0.2) is 28.7 Å². The number of rotatable bonds is 1. The molecule has 0 aliphatic rings. The Hall–Kier alpha value is 1.33. The minimum Gasteiger partial charge on any atom is -2.00 e. The van der Waals surface area contributed by atoms with Gasteiger partial charge in [-0.1, -0.05) is 44.0 Å². The van der Waals surface area contributed by atoms with E-state index in [0.29, 0.717) is 0 Å². The number of halogens is 2. The zero-order valence-corrected chi connectivity index (χ0v) is 10.4. The molecular weight excluding hydrogens is 274 g/mol. The number of hydrogen-bond donors (Lipinski definition) is 0. The second-order valence-electron chi connectivity index (χ2n) is 1.76. The van der Waals surface area contributed by atoms with Crippen molar-refractivity contribution < 1.29 is 43.2 Å². The fraction of sp³-hybridized carbons (Fsp3) is 0.143. The maximum absolute atomic E-state index is 3.38. The van der Waals surface area contributed by atoms with Crippen molar-refractivity contribution in [2.75, 3.05) is 0 Å². The Labute approximate surface area is 114 Å². The Bertz CT molecular complexity index is 208. The van der Waals surface area contributed by atoms with Gasteiger partial charge in [0.25, 0.3) is 0 Å². The van der Waals surface area contributed by atoms with E-state index in [0.717, 1.165) is 9.80 Å². The topological polar surface area (TPSA) is 28.5 Å². The Morgan fingerprint density at radius 3 is 2.08 bits per heavy atom. The largest absolute Gasteiger partial charge is 2.00 e. The molecule has 0 aromatic heterocycles. The van der Waals surface area contributed by atoms with Gasteiger partial charge in [-0.25, -0.2) is 0 Å². The predicted molar refractivity (Wildman–Crippen MR) is 47.5 cm³/mol. The molecule has 12 heavy (non-hydrogen) atoms. The monoisotopic (exact) mass is 278 g/mol. The van der Waals surface area contributed by atoms with Crippen molar-refractivity contribution >= 4 is 31.9 Å². The Morgan fingerprint density at radius 1 is 1.17 bits per heavy atom. The fourth-order valence-corrected chi connectivity index (χ4v) is 1.42. The third-order valence-electron chi connectivity index (χ3n) is 1.04. The molecule has 1 nitrogen and oxygen atoms in total. The molecule has 1 aromatic carbocycles. The van der Waals surface area contributed by atoms with E-state index >= 15 is 0 Å². The number of alkyl halides is 1. The molecule has 0 fully saturated rings. The molecule has 0 atom stereocenters. The molecule has 0 bridgehead atoms. The average molecular weight is 280 g/mol. The molecule has 0 spiro atoms. The van der Waals surface area contributed by atoms with Crippen LogP contribution in [0, 0.1) is 0 Å². The van der Waals surface area contributed by atoms with Gasteiger partial charge in [-0.05, 0) is 17.7 Å². The Balaban J connectivity index is -0.000000270. The summed E-state index contributed by atoms with van der Waals surface area (Å²) >= 11 is 6.75. The van der Waals surface area contributed by atoms with Crippen molar-refractivity contribution in [2.24, 2.45) is 0 Å². The predicted octanol–water partition coefficient (Wildman–Crippen LogP) is -2.77. The van der Waals surface area contributed by atoms with E-state index in [9.17, 15) is 0 Å². The van der Waals surface area contributed by atoms with Gasteiger partial charge in [0.1, 0.15) is 0 Å². The van der Waals surface area contributed by atoms with E-state index in [-0.39, 0.29) is 43.2 Å². The van der Waals surface area contributed by atoms with E-state index in [2.05, 4.69) is 44.0 Å². The summed E-state index contributed by atoms with van der Waals surface area (Å²) in [5.74, 6) is 0. The van der Waals surface area contributed by atoms with Gasteiger partial charge >= 0.3 is 37.7 Å². The van der Waals surface area contributed by atoms with Crippen LogP contribution in [0.3, 0.4) is 0 Å². The van der Waals surface area contributed by atoms with E-state index in [4.69, 9.17) is 0 Å². The van der Waals surface area contributed by atoms with Gasteiger partial charge < -0.3 is 5.48 Å². The van der Waals surface area contributed by atoms with Gasteiger partial charge in [0, 0.05) is 9.80 Å². The molecule has 0 N–H and O–H groups in total. The normalized spacial score (nSPS) is 7.17. The first-order valence-electron chi connectivity index (χ1n) is 2.63. The molecule has 0 radical (unpaired) electrons. The third kappa shape index (κ3) is 6.81. The van der Waals surface area contributed by atoms with Gasteiger partial charge in [-0.2, -0.15) is 0 Å². The summed E-state index contributed by atoms with van der Waals surface area (Å²) in [5, 5.41) is 0.923. The minimum atomic E-state index is 0. The van der Waals surface area contributed by atoms with Crippen LogP contribution in [0.25, 0.3) is 0 Å². The van der Waals surface area contributed by atoms with Crippen LogP contribution in [0.1, 0.15) is 5.56 Å². The van der Waals surface area contributed by atoms with Gasteiger partial charge in [0.15, 0.2) is 0 Å². The molecule has 56 valence electrons. The van der Waals surface area contributed by atoms with Crippen molar-refractivity contribution in [3.05, 3.63) is 34.3 Å². The summed E-state index contributed by atoms with van der Waals surface area (Å²) in [6, 6.07) is 8.22. The minimum absolute atomic E-state index is 0. The quantitative estimate of drug-likeness (QED) is 0.394. The van der Waals surface area contributed by atoms with Crippen LogP contribution in [-0.2, 0) is 10.8 Å². The van der Waals surface area contributed by atoms with Crippen LogP contribution in [-0.4, -0.2) is 0 Å². The van der Waals surface area contributed by atoms with Crippen LogP contribution in [0.5, 0.6) is 0 Å². The molecule has 0 aliphatic heterocycles. The van der Waals surface area contributed by atoms with Crippen molar-refractivity contribution in [2.45, 2.75) is 5.33 Å². The molecule has 0 aliphatic carbocycles. The van der Waals surface area contributed by atoms with E-state index in [1.807, 2.05) is 12.1 Å². The molecule has 1 rings (SSSR count). The summed E-state index contributed by atoms with van der Waals surface area (Å²) in [6.45, 7) is 0. The molecule has 0 saturated carbocycles. The summed E-state index contributed by atoms with van der Waals surface area (Å²) < 4.78 is 1.14.